The molecule has 19 heavy (non-hydrogen) atoms. The van der Waals surface area contributed by atoms with Crippen molar-refractivity contribution >= 4 is 12.0 Å². The minimum absolute atomic E-state index is 0.0354. The van der Waals surface area contributed by atoms with Crippen molar-refractivity contribution in [1.82, 2.24) is 4.90 Å². The lowest BCUT2D eigenvalue weighted by atomic mass is 10.2. The normalized spacial score (nSPS) is 10.7. The Morgan fingerprint density at radius 2 is 2.05 bits per heavy atom. The largest absolute Gasteiger partial charge is 0.497 e. The Hall–Kier alpha value is -1.81. The zero-order valence-corrected chi connectivity index (χ0v) is 11.5. The highest BCUT2D eigenvalue weighted by Crippen LogP contribution is 2.12. The van der Waals surface area contributed by atoms with Gasteiger partial charge < -0.3 is 14.7 Å². The average Bonchev–Trinajstić information content (AvgIpc) is 2.46. The van der Waals surface area contributed by atoms with Crippen LogP contribution in [0.1, 0.15) is 18.9 Å². The molecule has 0 aromatic heterocycles. The van der Waals surface area contributed by atoms with E-state index in [1.165, 1.54) is 0 Å². The lowest BCUT2D eigenvalue weighted by Crippen LogP contribution is -2.30. The van der Waals surface area contributed by atoms with Gasteiger partial charge in [0.05, 0.1) is 7.11 Å². The molecule has 0 aliphatic heterocycles. The summed E-state index contributed by atoms with van der Waals surface area (Å²) in [5.74, 6) is 0.758. The van der Waals surface area contributed by atoms with E-state index in [1.54, 1.807) is 24.2 Å². The number of carbonyl (C=O) groups excluding carboxylic acids is 1. The summed E-state index contributed by atoms with van der Waals surface area (Å²) in [6, 6.07) is 7.50. The molecule has 1 amide bonds. The van der Waals surface area contributed by atoms with Crippen molar-refractivity contribution in [3.8, 4) is 5.75 Å². The molecule has 0 spiro atoms. The first kappa shape index (κ1) is 15.2. The van der Waals surface area contributed by atoms with E-state index in [4.69, 9.17) is 9.84 Å². The molecule has 0 aliphatic carbocycles. The number of rotatable bonds is 7. The second kappa shape index (κ2) is 8.32. The molecular weight excluding hydrogens is 242 g/mol. The summed E-state index contributed by atoms with van der Waals surface area (Å²) in [7, 11) is 1.62. The Bertz CT molecular complexity index is 412. The summed E-state index contributed by atoms with van der Waals surface area (Å²) in [5.41, 5.74) is 0.951. The lowest BCUT2D eigenvalue weighted by Gasteiger charge is -2.18. The molecule has 0 saturated carbocycles. The van der Waals surface area contributed by atoms with Gasteiger partial charge in [-0.25, -0.2) is 0 Å². The molecule has 104 valence electrons. The van der Waals surface area contributed by atoms with Gasteiger partial charge in [-0.15, -0.1) is 0 Å². The van der Waals surface area contributed by atoms with Gasteiger partial charge in [0.2, 0.25) is 5.91 Å². The third-order valence-electron chi connectivity index (χ3n) is 2.81. The number of aliphatic hydroxyl groups is 1. The van der Waals surface area contributed by atoms with Crippen LogP contribution in [0, 0.1) is 0 Å². The number of hydrogen-bond acceptors (Lipinski definition) is 3. The van der Waals surface area contributed by atoms with Crippen LogP contribution in [0.5, 0.6) is 5.75 Å². The fourth-order valence-corrected chi connectivity index (χ4v) is 1.67. The van der Waals surface area contributed by atoms with Crippen molar-refractivity contribution in [3.63, 3.8) is 0 Å². The van der Waals surface area contributed by atoms with E-state index in [0.29, 0.717) is 19.5 Å². The first-order chi connectivity index (χ1) is 9.21. The molecule has 0 unspecified atom stereocenters. The molecule has 1 N–H and O–H groups in total. The highest BCUT2D eigenvalue weighted by molar-refractivity contribution is 5.91. The van der Waals surface area contributed by atoms with E-state index >= 15 is 0 Å². The summed E-state index contributed by atoms with van der Waals surface area (Å²) >= 11 is 0. The van der Waals surface area contributed by atoms with E-state index < -0.39 is 0 Å². The number of likely N-dealkylation sites (N-methyl/N-ethyl adjacent to an activating group) is 1. The smallest absolute Gasteiger partial charge is 0.246 e. The molecule has 4 nitrogen and oxygen atoms in total. The summed E-state index contributed by atoms with van der Waals surface area (Å²) in [4.78, 5) is 13.6. The summed E-state index contributed by atoms with van der Waals surface area (Å²) in [6.07, 6.45) is 3.95. The van der Waals surface area contributed by atoms with Crippen molar-refractivity contribution < 1.29 is 14.6 Å². The number of amides is 1. The van der Waals surface area contributed by atoms with Gasteiger partial charge in [0, 0.05) is 25.8 Å². The fourth-order valence-electron chi connectivity index (χ4n) is 1.67. The molecule has 0 bridgehead atoms. The Labute approximate surface area is 114 Å². The molecule has 0 radical (unpaired) electrons. The van der Waals surface area contributed by atoms with Gasteiger partial charge in [0.1, 0.15) is 5.75 Å². The molecule has 1 aromatic rings. The molecular formula is C15H21NO3. The molecule has 4 heteroatoms. The van der Waals surface area contributed by atoms with Crippen molar-refractivity contribution in [2.75, 3.05) is 26.8 Å². The summed E-state index contributed by atoms with van der Waals surface area (Å²) in [6.45, 7) is 3.26. The quantitative estimate of drug-likeness (QED) is 0.765. The van der Waals surface area contributed by atoms with Crippen molar-refractivity contribution in [2.45, 2.75) is 13.3 Å². The van der Waals surface area contributed by atoms with Gasteiger partial charge >= 0.3 is 0 Å². The molecule has 1 aromatic carbocycles. The maximum absolute atomic E-state index is 11.9. The predicted molar refractivity (Wildman–Crippen MR) is 76.0 cm³/mol. The Balaban J connectivity index is 2.60. The van der Waals surface area contributed by atoms with Crippen molar-refractivity contribution in [1.29, 1.82) is 0 Å². The van der Waals surface area contributed by atoms with E-state index in [0.717, 1.165) is 11.3 Å². The van der Waals surface area contributed by atoms with Crippen LogP contribution < -0.4 is 4.74 Å². The molecule has 0 fully saturated rings. The molecule has 0 saturated heterocycles. The van der Waals surface area contributed by atoms with Crippen LogP contribution in [0.3, 0.4) is 0 Å². The van der Waals surface area contributed by atoms with Gasteiger partial charge in [-0.05, 0) is 37.1 Å². The first-order valence-electron chi connectivity index (χ1n) is 6.43. The van der Waals surface area contributed by atoms with Crippen LogP contribution in [0.4, 0.5) is 0 Å². The van der Waals surface area contributed by atoms with E-state index in [9.17, 15) is 4.79 Å². The van der Waals surface area contributed by atoms with Crippen LogP contribution in [0.2, 0.25) is 0 Å². The Morgan fingerprint density at radius 1 is 1.37 bits per heavy atom. The summed E-state index contributed by atoms with van der Waals surface area (Å²) < 4.78 is 5.07. The van der Waals surface area contributed by atoms with Crippen LogP contribution in [-0.2, 0) is 4.79 Å². The van der Waals surface area contributed by atoms with Crippen LogP contribution >= 0.6 is 0 Å². The van der Waals surface area contributed by atoms with Gasteiger partial charge in [-0.3, -0.25) is 4.79 Å². The Morgan fingerprint density at radius 3 is 2.58 bits per heavy atom. The number of hydrogen-bond donors (Lipinski definition) is 1. The highest BCUT2D eigenvalue weighted by atomic mass is 16.5. The number of methoxy groups -OCH3 is 1. The van der Waals surface area contributed by atoms with Crippen LogP contribution in [-0.4, -0.2) is 42.7 Å². The Kier molecular flexibility index (Phi) is 6.68. The van der Waals surface area contributed by atoms with E-state index in [-0.39, 0.29) is 12.5 Å². The number of benzene rings is 1. The number of carbonyl (C=O) groups is 1. The van der Waals surface area contributed by atoms with Gasteiger partial charge in [0.15, 0.2) is 0 Å². The van der Waals surface area contributed by atoms with Gasteiger partial charge in [-0.1, -0.05) is 12.1 Å². The average molecular weight is 263 g/mol. The van der Waals surface area contributed by atoms with Crippen molar-refractivity contribution in [2.24, 2.45) is 0 Å². The second-order valence-corrected chi connectivity index (χ2v) is 4.10. The van der Waals surface area contributed by atoms with Crippen LogP contribution in [0.25, 0.3) is 6.08 Å². The number of aliphatic hydroxyl groups excluding tert-OH is 1. The fraction of sp³-hybridized carbons (Fsp3) is 0.400. The molecule has 0 heterocycles. The van der Waals surface area contributed by atoms with E-state index in [2.05, 4.69) is 0 Å². The SMILES string of the molecule is CCN(CCCO)C(=O)/C=C/c1ccc(OC)cc1. The van der Waals surface area contributed by atoms with Crippen molar-refractivity contribution in [3.05, 3.63) is 35.9 Å². The first-order valence-corrected chi connectivity index (χ1v) is 6.43. The van der Waals surface area contributed by atoms with E-state index in [1.807, 2.05) is 31.2 Å². The minimum Gasteiger partial charge on any atom is -0.497 e. The number of nitrogens with zero attached hydrogens (tertiary/aromatic N) is 1. The molecule has 0 aliphatic rings. The zero-order chi connectivity index (χ0) is 14.1. The highest BCUT2D eigenvalue weighted by Gasteiger charge is 2.06. The summed E-state index contributed by atoms with van der Waals surface area (Å²) in [5, 5.41) is 8.78. The van der Waals surface area contributed by atoms with Crippen LogP contribution in [0.15, 0.2) is 30.3 Å². The monoisotopic (exact) mass is 263 g/mol. The second-order valence-electron chi connectivity index (χ2n) is 4.10. The maximum atomic E-state index is 11.9. The number of ether oxygens (including phenoxy) is 1. The topological polar surface area (TPSA) is 49.8 Å². The predicted octanol–water partition coefficient (Wildman–Crippen LogP) is 1.94. The maximum Gasteiger partial charge on any atom is 0.246 e. The molecule has 1 rings (SSSR count). The minimum atomic E-state index is -0.0354. The third kappa shape index (κ3) is 5.14. The third-order valence-corrected chi connectivity index (χ3v) is 2.81. The standard InChI is InChI=1S/C15H21NO3/c1-3-16(11-4-12-17)15(18)10-7-13-5-8-14(19-2)9-6-13/h5-10,17H,3-4,11-12H2,1-2H3/b10-7+. The zero-order valence-electron chi connectivity index (χ0n) is 11.5. The lowest BCUT2D eigenvalue weighted by molar-refractivity contribution is -0.125. The van der Waals surface area contributed by atoms with Gasteiger partial charge in [0.25, 0.3) is 0 Å². The molecule has 0 atom stereocenters. The van der Waals surface area contributed by atoms with Gasteiger partial charge in [-0.2, -0.15) is 0 Å².